The summed E-state index contributed by atoms with van der Waals surface area (Å²) in [5.74, 6) is 0.480. The normalized spacial score (nSPS) is 11.3. The van der Waals surface area contributed by atoms with Crippen molar-refractivity contribution in [1.82, 2.24) is 18.7 Å². The molecule has 0 saturated heterocycles. The molecule has 3 aromatic rings. The van der Waals surface area contributed by atoms with Gasteiger partial charge < -0.3 is 5.11 Å². The number of nitrogens with one attached hydrogen (secondary N) is 1. The van der Waals surface area contributed by atoms with E-state index in [-0.39, 0.29) is 16.9 Å². The molecule has 134 valence electrons. The second kappa shape index (κ2) is 6.71. The minimum Gasteiger partial charge on any atom is -0.508 e. The zero-order valence-electron chi connectivity index (χ0n) is 14.4. The fourth-order valence-electron chi connectivity index (χ4n) is 2.56. The Morgan fingerprint density at radius 1 is 1.23 bits per heavy atom. The Kier molecular flexibility index (Phi) is 4.44. The molecule has 2 N–H and O–H groups in total. The van der Waals surface area contributed by atoms with Gasteiger partial charge in [-0.05, 0) is 29.8 Å². The van der Waals surface area contributed by atoms with Crippen LogP contribution in [-0.2, 0) is 20.6 Å². The number of imidazole rings is 1. The van der Waals surface area contributed by atoms with Gasteiger partial charge in [-0.1, -0.05) is 6.08 Å². The number of hydrogen-bond donors (Lipinski definition) is 2. The van der Waals surface area contributed by atoms with Crippen molar-refractivity contribution in [3.8, 4) is 5.75 Å². The summed E-state index contributed by atoms with van der Waals surface area (Å²) < 4.78 is 3.95. The standard InChI is InChI=1S/C17H18N6O3/c1-4-9-23-13-14(21(2)17(26)22(3)15(13)25)19-16(23)20-18-10-11-5-7-12(24)8-6-11/h4-8,10,24H,1,9H2,2-3H3,(H,19,20)/b18-10+. The lowest BCUT2D eigenvalue weighted by Crippen LogP contribution is -2.37. The molecular weight excluding hydrogens is 336 g/mol. The maximum Gasteiger partial charge on any atom is 0.332 e. The largest absolute Gasteiger partial charge is 0.508 e. The third kappa shape index (κ3) is 2.90. The number of aromatic nitrogens is 4. The quantitative estimate of drug-likeness (QED) is 0.400. The maximum absolute atomic E-state index is 12.5. The number of benzene rings is 1. The van der Waals surface area contributed by atoms with Crippen molar-refractivity contribution >= 4 is 23.3 Å². The summed E-state index contributed by atoms with van der Waals surface area (Å²) >= 11 is 0. The van der Waals surface area contributed by atoms with Gasteiger partial charge in [-0.3, -0.25) is 18.5 Å². The Labute approximate surface area is 148 Å². The molecule has 0 bridgehead atoms. The molecule has 0 saturated carbocycles. The first-order chi connectivity index (χ1) is 12.4. The second-order valence-electron chi connectivity index (χ2n) is 5.67. The summed E-state index contributed by atoms with van der Waals surface area (Å²) in [5.41, 5.74) is 3.22. The van der Waals surface area contributed by atoms with Crippen LogP contribution in [0.2, 0.25) is 0 Å². The summed E-state index contributed by atoms with van der Waals surface area (Å²) in [6.07, 6.45) is 3.18. The van der Waals surface area contributed by atoms with E-state index in [1.807, 2.05) is 0 Å². The van der Waals surface area contributed by atoms with E-state index in [0.29, 0.717) is 12.5 Å². The number of aryl methyl sites for hydroxylation is 1. The molecule has 1 aromatic carbocycles. The number of nitrogens with zero attached hydrogens (tertiary/aromatic N) is 5. The van der Waals surface area contributed by atoms with Gasteiger partial charge >= 0.3 is 5.69 Å². The lowest BCUT2D eigenvalue weighted by atomic mass is 10.2. The van der Waals surface area contributed by atoms with Crippen LogP contribution in [-0.4, -0.2) is 30.0 Å². The summed E-state index contributed by atoms with van der Waals surface area (Å²) in [6, 6.07) is 6.50. The van der Waals surface area contributed by atoms with E-state index in [1.165, 1.54) is 11.6 Å². The smallest absolute Gasteiger partial charge is 0.332 e. The minimum absolute atomic E-state index is 0.166. The SMILES string of the molecule is C=CCn1c(N/N=C/c2ccc(O)cc2)nc2c1c(=O)n(C)c(=O)n2C. The van der Waals surface area contributed by atoms with E-state index in [2.05, 4.69) is 22.1 Å². The highest BCUT2D eigenvalue weighted by atomic mass is 16.3. The molecule has 0 amide bonds. The lowest BCUT2D eigenvalue weighted by Gasteiger charge is -2.06. The van der Waals surface area contributed by atoms with E-state index in [4.69, 9.17) is 0 Å². The van der Waals surface area contributed by atoms with Gasteiger partial charge in [0.15, 0.2) is 11.2 Å². The van der Waals surface area contributed by atoms with Crippen LogP contribution in [0, 0.1) is 0 Å². The molecule has 3 rings (SSSR count). The lowest BCUT2D eigenvalue weighted by molar-refractivity contribution is 0.475. The molecule has 0 aliphatic carbocycles. The molecule has 0 fully saturated rings. The highest BCUT2D eigenvalue weighted by Gasteiger charge is 2.18. The number of hydrazone groups is 1. The Bertz CT molecular complexity index is 1120. The molecule has 2 heterocycles. The molecule has 9 nitrogen and oxygen atoms in total. The molecule has 9 heteroatoms. The summed E-state index contributed by atoms with van der Waals surface area (Å²) in [4.78, 5) is 28.9. The van der Waals surface area contributed by atoms with Gasteiger partial charge in [0.1, 0.15) is 5.75 Å². The number of anilines is 1. The molecular formula is C17H18N6O3. The van der Waals surface area contributed by atoms with Crippen LogP contribution >= 0.6 is 0 Å². The van der Waals surface area contributed by atoms with Gasteiger partial charge in [0, 0.05) is 20.6 Å². The zero-order chi connectivity index (χ0) is 18.8. The third-order valence-electron chi connectivity index (χ3n) is 3.93. The average Bonchev–Trinajstić information content (AvgIpc) is 2.99. The van der Waals surface area contributed by atoms with Gasteiger partial charge in [-0.25, -0.2) is 10.2 Å². The molecule has 0 atom stereocenters. The number of aromatic hydroxyl groups is 1. The Balaban J connectivity index is 2.06. The molecule has 26 heavy (non-hydrogen) atoms. The number of rotatable bonds is 5. The van der Waals surface area contributed by atoms with Gasteiger partial charge in [0.25, 0.3) is 5.56 Å². The van der Waals surface area contributed by atoms with Crippen molar-refractivity contribution < 1.29 is 5.11 Å². The van der Waals surface area contributed by atoms with Crippen LogP contribution in [0.15, 0.2) is 51.6 Å². The van der Waals surface area contributed by atoms with Crippen molar-refractivity contribution in [3.05, 3.63) is 63.3 Å². The number of allylic oxidation sites excluding steroid dienone is 1. The number of hydrogen-bond acceptors (Lipinski definition) is 6. The first kappa shape index (κ1) is 17.2. The number of fused-ring (bicyclic) bond motifs is 1. The predicted molar refractivity (Wildman–Crippen MR) is 99.7 cm³/mol. The summed E-state index contributed by atoms with van der Waals surface area (Å²) in [6.45, 7) is 4.02. The van der Waals surface area contributed by atoms with Crippen molar-refractivity contribution in [2.24, 2.45) is 19.2 Å². The highest BCUT2D eigenvalue weighted by molar-refractivity contribution is 5.80. The Morgan fingerprint density at radius 3 is 2.58 bits per heavy atom. The Morgan fingerprint density at radius 2 is 1.92 bits per heavy atom. The fourth-order valence-corrected chi connectivity index (χ4v) is 2.56. The summed E-state index contributed by atoms with van der Waals surface area (Å²) in [7, 11) is 2.98. The van der Waals surface area contributed by atoms with Crippen LogP contribution in [0.1, 0.15) is 5.56 Å². The summed E-state index contributed by atoms with van der Waals surface area (Å²) in [5, 5.41) is 13.4. The van der Waals surface area contributed by atoms with Crippen LogP contribution in [0.5, 0.6) is 5.75 Å². The van der Waals surface area contributed by atoms with Crippen LogP contribution < -0.4 is 16.7 Å². The maximum atomic E-state index is 12.5. The van der Waals surface area contributed by atoms with Crippen LogP contribution in [0.4, 0.5) is 5.95 Å². The van der Waals surface area contributed by atoms with E-state index < -0.39 is 11.2 Å². The van der Waals surface area contributed by atoms with Gasteiger partial charge in [-0.15, -0.1) is 6.58 Å². The van der Waals surface area contributed by atoms with Gasteiger partial charge in [0.05, 0.1) is 6.21 Å². The fraction of sp³-hybridized carbons (Fsp3) is 0.176. The van der Waals surface area contributed by atoms with Crippen molar-refractivity contribution in [2.75, 3.05) is 5.43 Å². The molecule has 0 aliphatic rings. The molecule has 0 radical (unpaired) electrons. The van der Waals surface area contributed by atoms with Gasteiger partial charge in [-0.2, -0.15) is 10.1 Å². The number of phenols is 1. The topological polar surface area (TPSA) is 106 Å². The van der Waals surface area contributed by atoms with Crippen molar-refractivity contribution in [3.63, 3.8) is 0 Å². The van der Waals surface area contributed by atoms with Crippen molar-refractivity contribution in [2.45, 2.75) is 6.54 Å². The Hall–Kier alpha value is -3.62. The third-order valence-corrected chi connectivity index (χ3v) is 3.93. The minimum atomic E-state index is -0.454. The zero-order valence-corrected chi connectivity index (χ0v) is 14.4. The average molecular weight is 354 g/mol. The number of phenolic OH excluding ortho intramolecular Hbond substituents is 1. The molecule has 0 unspecified atom stereocenters. The van der Waals surface area contributed by atoms with E-state index in [0.717, 1.165) is 10.1 Å². The molecule has 0 aliphatic heterocycles. The molecule has 0 spiro atoms. The first-order valence-corrected chi connectivity index (χ1v) is 7.79. The second-order valence-corrected chi connectivity index (χ2v) is 5.67. The van der Waals surface area contributed by atoms with Crippen LogP contribution in [0.25, 0.3) is 11.2 Å². The van der Waals surface area contributed by atoms with Crippen molar-refractivity contribution in [1.29, 1.82) is 0 Å². The predicted octanol–water partition coefficient (Wildman–Crippen LogP) is 0.771. The monoisotopic (exact) mass is 354 g/mol. The van der Waals surface area contributed by atoms with E-state index >= 15 is 0 Å². The van der Waals surface area contributed by atoms with Crippen LogP contribution in [0.3, 0.4) is 0 Å². The van der Waals surface area contributed by atoms with E-state index in [9.17, 15) is 14.7 Å². The highest BCUT2D eigenvalue weighted by Crippen LogP contribution is 2.15. The van der Waals surface area contributed by atoms with Gasteiger partial charge in [0.2, 0.25) is 5.95 Å². The molecule has 2 aromatic heterocycles. The first-order valence-electron chi connectivity index (χ1n) is 7.79. The van der Waals surface area contributed by atoms with E-state index in [1.54, 1.807) is 48.2 Å².